The Balaban J connectivity index is 1.29. The van der Waals surface area contributed by atoms with E-state index in [1.807, 2.05) is 17.0 Å². The summed E-state index contributed by atoms with van der Waals surface area (Å²) in [6, 6.07) is 4.10. The number of carbonyl (C=O) groups is 1. The van der Waals surface area contributed by atoms with Gasteiger partial charge in [-0.25, -0.2) is 0 Å². The van der Waals surface area contributed by atoms with Crippen LogP contribution in [0.3, 0.4) is 0 Å². The van der Waals surface area contributed by atoms with Crippen LogP contribution in [0.4, 0.5) is 0 Å². The SMILES string of the molecule is O=C(C1CC(O)C1)N1CCO[C@@H]2C[C@@H](COCc3ccncc3)C[C@H]21. The Bertz CT molecular complexity index is 590. The van der Waals surface area contributed by atoms with E-state index in [4.69, 9.17) is 9.47 Å². The highest BCUT2D eigenvalue weighted by Gasteiger charge is 2.45. The van der Waals surface area contributed by atoms with Gasteiger partial charge in [0.2, 0.25) is 5.91 Å². The minimum absolute atomic E-state index is 0.00994. The largest absolute Gasteiger partial charge is 0.393 e. The Kier molecular flexibility index (Phi) is 5.01. The van der Waals surface area contributed by atoms with Crippen LogP contribution < -0.4 is 0 Å². The highest BCUT2D eigenvalue weighted by Crippen LogP contribution is 2.37. The topological polar surface area (TPSA) is 71.9 Å². The third kappa shape index (κ3) is 3.71. The van der Waals surface area contributed by atoms with Gasteiger partial charge < -0.3 is 19.5 Å². The average molecular weight is 346 g/mol. The fourth-order valence-corrected chi connectivity index (χ4v) is 4.31. The third-order valence-corrected chi connectivity index (χ3v) is 5.75. The summed E-state index contributed by atoms with van der Waals surface area (Å²) in [5.74, 6) is 0.648. The summed E-state index contributed by atoms with van der Waals surface area (Å²) in [7, 11) is 0. The predicted octanol–water partition coefficient (Wildman–Crippen LogP) is 1.38. The van der Waals surface area contributed by atoms with Crippen molar-refractivity contribution in [3.05, 3.63) is 30.1 Å². The van der Waals surface area contributed by atoms with Gasteiger partial charge in [0.1, 0.15) is 0 Å². The molecule has 0 bridgehead atoms. The van der Waals surface area contributed by atoms with Crippen LogP contribution in [0.5, 0.6) is 0 Å². The number of aromatic nitrogens is 1. The van der Waals surface area contributed by atoms with E-state index in [2.05, 4.69) is 4.98 Å². The fourth-order valence-electron chi connectivity index (χ4n) is 4.31. The van der Waals surface area contributed by atoms with Crippen LogP contribution in [-0.4, -0.2) is 58.9 Å². The molecule has 3 aliphatic rings. The van der Waals surface area contributed by atoms with E-state index >= 15 is 0 Å². The molecule has 6 nitrogen and oxygen atoms in total. The molecule has 1 saturated heterocycles. The summed E-state index contributed by atoms with van der Waals surface area (Å²) in [6.07, 6.45) is 6.54. The van der Waals surface area contributed by atoms with E-state index in [-0.39, 0.29) is 30.1 Å². The van der Waals surface area contributed by atoms with E-state index in [0.717, 1.165) is 18.4 Å². The number of aliphatic hydroxyl groups excluding tert-OH is 1. The molecular formula is C19H26N2O4. The summed E-state index contributed by atoms with van der Waals surface area (Å²) in [5.41, 5.74) is 1.13. The van der Waals surface area contributed by atoms with E-state index in [0.29, 0.717) is 45.1 Å². The lowest BCUT2D eigenvalue weighted by molar-refractivity contribution is -0.154. The maximum atomic E-state index is 12.7. The molecule has 6 heteroatoms. The molecule has 2 heterocycles. The van der Waals surface area contributed by atoms with Crippen molar-refractivity contribution < 1.29 is 19.4 Å². The number of ether oxygens (including phenoxy) is 2. The van der Waals surface area contributed by atoms with Crippen LogP contribution >= 0.6 is 0 Å². The number of hydrogen-bond acceptors (Lipinski definition) is 5. The van der Waals surface area contributed by atoms with Gasteiger partial charge in [0.15, 0.2) is 0 Å². The maximum Gasteiger partial charge on any atom is 0.226 e. The van der Waals surface area contributed by atoms with Crippen LogP contribution in [0.2, 0.25) is 0 Å². The molecule has 0 spiro atoms. The normalized spacial score (nSPS) is 34.4. The molecule has 1 aromatic heterocycles. The van der Waals surface area contributed by atoms with Crippen molar-refractivity contribution in [1.29, 1.82) is 0 Å². The molecule has 136 valence electrons. The van der Waals surface area contributed by atoms with Gasteiger partial charge in [-0.05, 0) is 49.3 Å². The van der Waals surface area contributed by atoms with Gasteiger partial charge in [-0.3, -0.25) is 9.78 Å². The second-order valence-electron chi connectivity index (χ2n) is 7.54. The number of rotatable bonds is 5. The number of morpholine rings is 1. The Morgan fingerprint density at radius 3 is 2.84 bits per heavy atom. The Labute approximate surface area is 148 Å². The first kappa shape index (κ1) is 16.9. The number of hydrogen-bond donors (Lipinski definition) is 1. The lowest BCUT2D eigenvalue weighted by atomic mass is 9.81. The molecule has 25 heavy (non-hydrogen) atoms. The van der Waals surface area contributed by atoms with E-state index in [1.54, 1.807) is 12.4 Å². The van der Waals surface area contributed by atoms with Crippen molar-refractivity contribution in [3.63, 3.8) is 0 Å². The molecule has 3 atom stereocenters. The minimum atomic E-state index is -0.288. The lowest BCUT2D eigenvalue weighted by Gasteiger charge is -2.42. The molecule has 0 radical (unpaired) electrons. The number of nitrogens with zero attached hydrogens (tertiary/aromatic N) is 2. The smallest absolute Gasteiger partial charge is 0.226 e. The lowest BCUT2D eigenvalue weighted by Crippen LogP contribution is -2.55. The minimum Gasteiger partial charge on any atom is -0.393 e. The first-order chi connectivity index (χ1) is 12.2. The number of fused-ring (bicyclic) bond motifs is 1. The van der Waals surface area contributed by atoms with Crippen LogP contribution in [0.1, 0.15) is 31.2 Å². The summed E-state index contributed by atoms with van der Waals surface area (Å²) < 4.78 is 11.8. The highest BCUT2D eigenvalue weighted by molar-refractivity contribution is 5.80. The van der Waals surface area contributed by atoms with Gasteiger partial charge in [0.05, 0.1) is 38.1 Å². The molecule has 0 aromatic carbocycles. The number of amides is 1. The van der Waals surface area contributed by atoms with Gasteiger partial charge in [0, 0.05) is 24.9 Å². The molecule has 1 aliphatic heterocycles. The molecule has 1 aromatic rings. The van der Waals surface area contributed by atoms with Crippen LogP contribution in [0.25, 0.3) is 0 Å². The van der Waals surface area contributed by atoms with Gasteiger partial charge in [-0.15, -0.1) is 0 Å². The van der Waals surface area contributed by atoms with Gasteiger partial charge in [-0.1, -0.05) is 0 Å². The Hall–Kier alpha value is -1.50. The van der Waals surface area contributed by atoms with E-state index in [1.165, 1.54) is 0 Å². The zero-order valence-electron chi connectivity index (χ0n) is 14.4. The second kappa shape index (κ2) is 7.40. The zero-order chi connectivity index (χ0) is 17.2. The van der Waals surface area contributed by atoms with Crippen molar-refractivity contribution in [1.82, 2.24) is 9.88 Å². The quantitative estimate of drug-likeness (QED) is 0.872. The van der Waals surface area contributed by atoms with Crippen LogP contribution in [-0.2, 0) is 20.9 Å². The van der Waals surface area contributed by atoms with Gasteiger partial charge >= 0.3 is 0 Å². The van der Waals surface area contributed by atoms with Crippen molar-refractivity contribution >= 4 is 5.91 Å². The monoisotopic (exact) mass is 346 g/mol. The van der Waals surface area contributed by atoms with Crippen molar-refractivity contribution in [2.75, 3.05) is 19.8 Å². The van der Waals surface area contributed by atoms with Crippen LogP contribution in [0, 0.1) is 11.8 Å². The number of carbonyl (C=O) groups excluding carboxylic acids is 1. The maximum absolute atomic E-state index is 12.7. The van der Waals surface area contributed by atoms with Crippen molar-refractivity contribution in [2.24, 2.45) is 11.8 Å². The molecule has 2 saturated carbocycles. The average Bonchev–Trinajstić information content (AvgIpc) is 3.02. The predicted molar refractivity (Wildman–Crippen MR) is 90.6 cm³/mol. The van der Waals surface area contributed by atoms with E-state index in [9.17, 15) is 9.90 Å². The zero-order valence-corrected chi connectivity index (χ0v) is 14.4. The van der Waals surface area contributed by atoms with E-state index < -0.39 is 0 Å². The number of aliphatic hydroxyl groups is 1. The molecule has 1 N–H and O–H groups in total. The first-order valence-electron chi connectivity index (χ1n) is 9.27. The molecule has 3 fully saturated rings. The number of pyridine rings is 1. The van der Waals surface area contributed by atoms with Gasteiger partial charge in [0.25, 0.3) is 0 Å². The van der Waals surface area contributed by atoms with Crippen molar-refractivity contribution in [3.8, 4) is 0 Å². The summed E-state index contributed by atoms with van der Waals surface area (Å²) in [6.45, 7) is 2.59. The second-order valence-corrected chi connectivity index (χ2v) is 7.54. The Morgan fingerprint density at radius 2 is 2.08 bits per heavy atom. The molecule has 0 unspecified atom stereocenters. The molecule has 4 rings (SSSR count). The highest BCUT2D eigenvalue weighted by atomic mass is 16.5. The Morgan fingerprint density at radius 1 is 1.28 bits per heavy atom. The third-order valence-electron chi connectivity index (χ3n) is 5.75. The molecule has 2 aliphatic carbocycles. The molecule has 1 amide bonds. The van der Waals surface area contributed by atoms with Gasteiger partial charge in [-0.2, -0.15) is 0 Å². The van der Waals surface area contributed by atoms with Crippen molar-refractivity contribution in [2.45, 2.75) is 50.5 Å². The summed E-state index contributed by atoms with van der Waals surface area (Å²) >= 11 is 0. The first-order valence-corrected chi connectivity index (χ1v) is 9.27. The van der Waals surface area contributed by atoms with Crippen LogP contribution in [0.15, 0.2) is 24.5 Å². The fraction of sp³-hybridized carbons (Fsp3) is 0.684. The molecular weight excluding hydrogens is 320 g/mol. The summed E-state index contributed by atoms with van der Waals surface area (Å²) in [5, 5.41) is 9.47. The standard InChI is InChI=1S/C19H26N2O4/c22-16-9-15(10-16)19(23)21-5-6-25-18-8-14(7-17(18)21)12-24-11-13-1-3-20-4-2-13/h1-4,14-18,22H,5-12H2/t14-,15?,16?,17+,18+/m0/s1. The summed E-state index contributed by atoms with van der Waals surface area (Å²) in [4.78, 5) is 18.7.